The fraction of sp³-hybridized carbons (Fsp3) is 0.381. The molecule has 1 spiro atoms. The first-order valence-corrected chi connectivity index (χ1v) is 9.39. The van der Waals surface area contributed by atoms with Gasteiger partial charge in [0.25, 0.3) is 11.8 Å². The highest BCUT2D eigenvalue weighted by atomic mass is 16.5. The predicted octanol–water partition coefficient (Wildman–Crippen LogP) is 2.13. The first kappa shape index (κ1) is 18.4. The molecule has 2 aliphatic rings. The van der Waals surface area contributed by atoms with Crippen molar-refractivity contribution >= 4 is 17.5 Å². The van der Waals surface area contributed by atoms with Gasteiger partial charge in [-0.05, 0) is 37.1 Å². The Morgan fingerprint density at radius 1 is 1.18 bits per heavy atom. The number of piperidine rings is 1. The third kappa shape index (κ3) is 3.45. The molecule has 2 aliphatic heterocycles. The Bertz CT molecular complexity index is 873. The third-order valence-corrected chi connectivity index (χ3v) is 5.34. The van der Waals surface area contributed by atoms with E-state index in [9.17, 15) is 9.59 Å². The van der Waals surface area contributed by atoms with Gasteiger partial charge in [-0.3, -0.25) is 9.59 Å². The number of amides is 2. The van der Waals surface area contributed by atoms with Crippen LogP contribution >= 0.6 is 0 Å². The molecule has 2 amide bonds. The molecule has 28 heavy (non-hydrogen) atoms. The lowest BCUT2D eigenvalue weighted by molar-refractivity contribution is -0.144. The third-order valence-electron chi connectivity index (χ3n) is 5.34. The summed E-state index contributed by atoms with van der Waals surface area (Å²) in [6.07, 6.45) is 3.21. The van der Waals surface area contributed by atoms with Crippen molar-refractivity contribution < 1.29 is 19.1 Å². The highest BCUT2D eigenvalue weighted by molar-refractivity contribution is 5.97. The fourth-order valence-corrected chi connectivity index (χ4v) is 3.96. The molecule has 7 nitrogen and oxygen atoms in total. The predicted molar refractivity (Wildman–Crippen MR) is 103 cm³/mol. The lowest BCUT2D eigenvalue weighted by Gasteiger charge is -2.47. The van der Waals surface area contributed by atoms with Crippen LogP contribution in [-0.4, -0.2) is 60.7 Å². The van der Waals surface area contributed by atoms with E-state index in [1.54, 1.807) is 28.1 Å². The van der Waals surface area contributed by atoms with Crippen molar-refractivity contribution in [1.82, 2.24) is 9.88 Å². The van der Waals surface area contributed by atoms with Gasteiger partial charge >= 0.3 is 0 Å². The van der Waals surface area contributed by atoms with E-state index in [0.29, 0.717) is 31.1 Å². The quantitative estimate of drug-likeness (QED) is 0.815. The minimum atomic E-state index is -0.562. The van der Waals surface area contributed by atoms with Crippen molar-refractivity contribution in [2.45, 2.75) is 18.4 Å². The van der Waals surface area contributed by atoms with Gasteiger partial charge in [0.2, 0.25) is 5.88 Å². The zero-order valence-corrected chi connectivity index (χ0v) is 15.8. The molecule has 2 fully saturated rings. The number of anilines is 1. The van der Waals surface area contributed by atoms with E-state index in [4.69, 9.17) is 9.47 Å². The van der Waals surface area contributed by atoms with E-state index in [2.05, 4.69) is 4.98 Å². The number of hydrogen-bond acceptors (Lipinski definition) is 5. The molecule has 1 unspecified atom stereocenters. The number of para-hydroxylation sites is 1. The highest BCUT2D eigenvalue weighted by Gasteiger charge is 2.44. The van der Waals surface area contributed by atoms with Gasteiger partial charge in [0.1, 0.15) is 17.8 Å². The number of carbonyl (C=O) groups excluding carboxylic acids is 2. The Labute approximate surface area is 163 Å². The first-order chi connectivity index (χ1) is 13.6. The van der Waals surface area contributed by atoms with Crippen LogP contribution in [-0.2, 0) is 9.53 Å². The number of rotatable bonds is 3. The summed E-state index contributed by atoms with van der Waals surface area (Å²) in [6.45, 7) is 1.53. The normalized spacial score (nSPS) is 22.4. The van der Waals surface area contributed by atoms with Gasteiger partial charge in [-0.1, -0.05) is 18.2 Å². The van der Waals surface area contributed by atoms with E-state index < -0.39 is 5.60 Å². The number of morpholine rings is 1. The number of methoxy groups -OCH3 is 1. The van der Waals surface area contributed by atoms with Crippen LogP contribution < -0.4 is 9.64 Å². The molecule has 1 aromatic heterocycles. The molecule has 0 saturated carbocycles. The van der Waals surface area contributed by atoms with Crippen LogP contribution in [0.4, 0.5) is 5.69 Å². The molecule has 2 aromatic rings. The Morgan fingerprint density at radius 3 is 2.79 bits per heavy atom. The maximum Gasteiger partial charge on any atom is 0.259 e. The number of hydrogen-bond donors (Lipinski definition) is 0. The van der Waals surface area contributed by atoms with Crippen molar-refractivity contribution in [3.05, 3.63) is 54.2 Å². The molecular formula is C21H23N3O4. The summed E-state index contributed by atoms with van der Waals surface area (Å²) in [5.74, 6) is 0.128. The van der Waals surface area contributed by atoms with Crippen LogP contribution in [0.15, 0.2) is 48.7 Å². The first-order valence-electron chi connectivity index (χ1n) is 9.39. The lowest BCUT2D eigenvalue weighted by atomic mass is 9.90. The Balaban J connectivity index is 1.56. The summed E-state index contributed by atoms with van der Waals surface area (Å²) in [4.78, 5) is 33.2. The van der Waals surface area contributed by atoms with Crippen molar-refractivity contribution in [2.24, 2.45) is 0 Å². The van der Waals surface area contributed by atoms with Crippen molar-refractivity contribution in [2.75, 3.05) is 38.3 Å². The van der Waals surface area contributed by atoms with Gasteiger partial charge in [0, 0.05) is 18.4 Å². The van der Waals surface area contributed by atoms with Gasteiger partial charge in [-0.2, -0.15) is 0 Å². The number of pyridine rings is 1. The molecular weight excluding hydrogens is 358 g/mol. The molecule has 146 valence electrons. The van der Waals surface area contributed by atoms with Crippen LogP contribution in [0.25, 0.3) is 0 Å². The summed E-state index contributed by atoms with van der Waals surface area (Å²) in [5, 5.41) is 0. The number of likely N-dealkylation sites (tertiary alicyclic amines) is 1. The smallest absolute Gasteiger partial charge is 0.259 e. The maximum atomic E-state index is 13.1. The zero-order valence-electron chi connectivity index (χ0n) is 15.8. The van der Waals surface area contributed by atoms with Crippen LogP contribution in [0.2, 0.25) is 0 Å². The maximum absolute atomic E-state index is 13.1. The molecule has 2 saturated heterocycles. The highest BCUT2D eigenvalue weighted by Crippen LogP contribution is 2.32. The largest absolute Gasteiger partial charge is 0.480 e. The second-order valence-corrected chi connectivity index (χ2v) is 7.18. The summed E-state index contributed by atoms with van der Waals surface area (Å²) in [5.41, 5.74) is 0.731. The standard InChI is InChI=1S/C21H23N3O4/c1-27-19-17(9-5-11-22-19)20(26)23-12-6-10-21(14-23)15-24(18(25)13-28-21)16-7-3-2-4-8-16/h2-5,7-9,11H,6,10,12-15H2,1H3. The molecule has 1 aromatic carbocycles. The lowest BCUT2D eigenvalue weighted by Crippen LogP contribution is -2.62. The number of benzene rings is 1. The number of nitrogens with zero attached hydrogens (tertiary/aromatic N) is 3. The van der Waals surface area contributed by atoms with E-state index in [1.165, 1.54) is 7.11 Å². The van der Waals surface area contributed by atoms with Crippen molar-refractivity contribution in [3.8, 4) is 5.88 Å². The molecule has 0 bridgehead atoms. The minimum absolute atomic E-state index is 0.0210. The summed E-state index contributed by atoms with van der Waals surface area (Å²) >= 11 is 0. The Morgan fingerprint density at radius 2 is 2.00 bits per heavy atom. The van der Waals surface area contributed by atoms with E-state index in [0.717, 1.165) is 18.5 Å². The molecule has 0 radical (unpaired) electrons. The Kier molecular flexibility index (Phi) is 5.00. The minimum Gasteiger partial charge on any atom is -0.480 e. The SMILES string of the molecule is COc1ncccc1C(=O)N1CCCC2(C1)CN(c1ccccc1)C(=O)CO2. The van der Waals surface area contributed by atoms with Gasteiger partial charge in [0.05, 0.1) is 20.2 Å². The molecule has 0 N–H and O–H groups in total. The van der Waals surface area contributed by atoms with Crippen LogP contribution in [0, 0.1) is 0 Å². The average Bonchev–Trinajstić information content (AvgIpc) is 2.76. The van der Waals surface area contributed by atoms with Crippen LogP contribution in [0.1, 0.15) is 23.2 Å². The van der Waals surface area contributed by atoms with Gasteiger partial charge in [-0.15, -0.1) is 0 Å². The topological polar surface area (TPSA) is 72.0 Å². The van der Waals surface area contributed by atoms with E-state index in [-0.39, 0.29) is 18.4 Å². The monoisotopic (exact) mass is 381 g/mol. The number of ether oxygens (including phenoxy) is 2. The second kappa shape index (κ2) is 7.59. The fourth-order valence-electron chi connectivity index (χ4n) is 3.96. The number of carbonyl (C=O) groups is 2. The summed E-state index contributed by atoms with van der Waals surface area (Å²) in [7, 11) is 1.50. The molecule has 3 heterocycles. The molecule has 4 rings (SSSR count). The van der Waals surface area contributed by atoms with Gasteiger partial charge in [-0.25, -0.2) is 4.98 Å². The van der Waals surface area contributed by atoms with Crippen LogP contribution in [0.5, 0.6) is 5.88 Å². The van der Waals surface area contributed by atoms with Crippen molar-refractivity contribution in [3.63, 3.8) is 0 Å². The molecule has 7 heteroatoms. The van der Waals surface area contributed by atoms with Crippen molar-refractivity contribution in [1.29, 1.82) is 0 Å². The average molecular weight is 381 g/mol. The summed E-state index contributed by atoms with van der Waals surface area (Å²) in [6, 6.07) is 13.0. The van der Waals surface area contributed by atoms with Gasteiger partial charge < -0.3 is 19.3 Å². The molecule has 1 atom stereocenters. The summed E-state index contributed by atoms with van der Waals surface area (Å²) < 4.78 is 11.3. The van der Waals surface area contributed by atoms with Crippen LogP contribution in [0.3, 0.4) is 0 Å². The zero-order chi connectivity index (χ0) is 19.6. The van der Waals surface area contributed by atoms with E-state index in [1.807, 2.05) is 30.3 Å². The number of aromatic nitrogens is 1. The van der Waals surface area contributed by atoms with E-state index >= 15 is 0 Å². The second-order valence-electron chi connectivity index (χ2n) is 7.18. The molecule has 0 aliphatic carbocycles. The van der Waals surface area contributed by atoms with Gasteiger partial charge in [0.15, 0.2) is 0 Å². The Hall–Kier alpha value is -2.93.